The monoisotopic (exact) mass is 490 g/mol. The summed E-state index contributed by atoms with van der Waals surface area (Å²) in [6.45, 7) is 4.81. The molecule has 3 aromatic rings. The maximum absolute atomic E-state index is 13.2. The topological polar surface area (TPSA) is 149 Å². The predicted octanol–water partition coefficient (Wildman–Crippen LogP) is 2.28. The van der Waals surface area contributed by atoms with Gasteiger partial charge in [0.2, 0.25) is 17.6 Å². The third kappa shape index (κ3) is 6.20. The minimum absolute atomic E-state index is 0.0147. The van der Waals surface area contributed by atoms with Crippen molar-refractivity contribution in [2.45, 2.75) is 46.1 Å². The first kappa shape index (κ1) is 25.4. The minimum Gasteiger partial charge on any atom is -0.385 e. The van der Waals surface area contributed by atoms with Gasteiger partial charge in [-0.1, -0.05) is 25.1 Å². The van der Waals surface area contributed by atoms with Gasteiger partial charge in [0.1, 0.15) is 5.82 Å². The number of hydrogen-bond acceptors (Lipinski definition) is 9. The van der Waals surface area contributed by atoms with E-state index in [9.17, 15) is 14.4 Å². The number of aryl methyl sites for hydroxylation is 1. The number of anilines is 2. The average Bonchev–Trinajstić information content (AvgIpc) is 3.47. The first-order chi connectivity index (χ1) is 16.3. The fourth-order valence-electron chi connectivity index (χ4n) is 3.50. The van der Waals surface area contributed by atoms with E-state index < -0.39 is 11.2 Å². The molecule has 184 valence electrons. The summed E-state index contributed by atoms with van der Waals surface area (Å²) in [5.41, 5.74) is 4.93. The van der Waals surface area contributed by atoms with Gasteiger partial charge in [0.15, 0.2) is 5.69 Å². The van der Waals surface area contributed by atoms with Gasteiger partial charge in [0.05, 0.1) is 4.88 Å². The van der Waals surface area contributed by atoms with Crippen LogP contribution in [0.1, 0.15) is 39.0 Å². The van der Waals surface area contributed by atoms with Crippen molar-refractivity contribution in [3.8, 4) is 10.7 Å². The molecule has 3 N–H and O–H groups in total. The lowest BCUT2D eigenvalue weighted by molar-refractivity contribution is -0.118. The zero-order chi connectivity index (χ0) is 24.7. The van der Waals surface area contributed by atoms with Crippen LogP contribution in [0.3, 0.4) is 0 Å². The summed E-state index contributed by atoms with van der Waals surface area (Å²) in [6, 6.07) is 3.81. The SMILES string of the molecule is COCCCN(C(=O)CCCc1nc(-c2cccs2)no1)c1c(N)n(CC(C)C)c(=O)[nH]c1=O. The lowest BCUT2D eigenvalue weighted by atomic mass is 10.2. The molecule has 0 unspecified atom stereocenters. The number of H-pyrrole nitrogens is 1. The largest absolute Gasteiger partial charge is 0.385 e. The number of nitrogen functional groups attached to an aromatic ring is 1. The molecular weight excluding hydrogens is 460 g/mol. The molecule has 0 aliphatic heterocycles. The molecule has 0 aromatic carbocycles. The van der Waals surface area contributed by atoms with Crippen LogP contribution in [0.15, 0.2) is 31.6 Å². The Kier molecular flexibility index (Phi) is 8.77. The number of rotatable bonds is 12. The second kappa shape index (κ2) is 11.7. The average molecular weight is 491 g/mol. The maximum Gasteiger partial charge on any atom is 0.330 e. The summed E-state index contributed by atoms with van der Waals surface area (Å²) >= 11 is 1.51. The second-order valence-corrected chi connectivity index (χ2v) is 9.18. The molecule has 0 aliphatic carbocycles. The van der Waals surface area contributed by atoms with Crippen LogP contribution < -0.4 is 21.9 Å². The number of carbonyl (C=O) groups excluding carboxylic acids is 1. The molecule has 0 aliphatic rings. The Hall–Kier alpha value is -3.25. The summed E-state index contributed by atoms with van der Waals surface area (Å²) in [7, 11) is 1.56. The Labute approximate surface area is 200 Å². The Bertz CT molecular complexity index is 1200. The number of carbonyl (C=O) groups is 1. The summed E-state index contributed by atoms with van der Waals surface area (Å²) in [5.74, 6) is 0.755. The summed E-state index contributed by atoms with van der Waals surface area (Å²) < 4.78 is 11.7. The van der Waals surface area contributed by atoms with E-state index in [1.807, 2.05) is 31.4 Å². The van der Waals surface area contributed by atoms with Gasteiger partial charge in [0.25, 0.3) is 5.56 Å². The lowest BCUT2D eigenvalue weighted by Crippen LogP contribution is -2.42. The van der Waals surface area contributed by atoms with E-state index in [1.165, 1.54) is 20.8 Å². The van der Waals surface area contributed by atoms with E-state index in [0.29, 0.717) is 44.1 Å². The van der Waals surface area contributed by atoms with Crippen molar-refractivity contribution in [3.05, 3.63) is 44.2 Å². The summed E-state index contributed by atoms with van der Waals surface area (Å²) in [4.78, 5) is 47.1. The normalized spacial score (nSPS) is 11.3. The van der Waals surface area contributed by atoms with Crippen molar-refractivity contribution in [2.75, 3.05) is 30.9 Å². The standard InChI is InChI=1S/C22H30N6O5S/c1-14(2)13-28-19(23)18(21(30)25-22(28)31)27(10-6-11-32-3)17(29)9-4-8-16-24-20(26-33-16)15-7-5-12-34-15/h5,7,12,14H,4,6,8-11,13,23H2,1-3H3,(H,25,30,31). The predicted molar refractivity (Wildman–Crippen MR) is 130 cm³/mol. The van der Waals surface area contributed by atoms with Crippen molar-refractivity contribution in [2.24, 2.45) is 5.92 Å². The van der Waals surface area contributed by atoms with E-state index in [0.717, 1.165) is 4.88 Å². The van der Waals surface area contributed by atoms with Crippen LogP contribution in [-0.4, -0.2) is 45.9 Å². The molecule has 34 heavy (non-hydrogen) atoms. The van der Waals surface area contributed by atoms with Crippen LogP contribution in [0.2, 0.25) is 0 Å². The number of nitrogens with two attached hydrogens (primary N) is 1. The molecule has 3 aromatic heterocycles. The fraction of sp³-hybridized carbons (Fsp3) is 0.500. The van der Waals surface area contributed by atoms with Crippen molar-refractivity contribution in [3.63, 3.8) is 0 Å². The number of amides is 1. The molecule has 0 bridgehead atoms. The van der Waals surface area contributed by atoms with Crippen molar-refractivity contribution in [1.29, 1.82) is 0 Å². The zero-order valence-corrected chi connectivity index (χ0v) is 20.4. The molecule has 11 nitrogen and oxygen atoms in total. The van der Waals surface area contributed by atoms with E-state index in [1.54, 1.807) is 7.11 Å². The van der Waals surface area contributed by atoms with Crippen molar-refractivity contribution >= 4 is 28.7 Å². The highest BCUT2D eigenvalue weighted by molar-refractivity contribution is 7.13. The van der Waals surface area contributed by atoms with Gasteiger partial charge in [-0.3, -0.25) is 19.1 Å². The number of aromatic nitrogens is 4. The number of aromatic amines is 1. The first-order valence-corrected chi connectivity index (χ1v) is 12.0. The highest BCUT2D eigenvalue weighted by atomic mass is 32.1. The summed E-state index contributed by atoms with van der Waals surface area (Å²) in [6.07, 6.45) is 1.48. The number of ether oxygens (including phenoxy) is 1. The number of hydrogen-bond donors (Lipinski definition) is 2. The molecule has 0 saturated carbocycles. The molecule has 3 heterocycles. The third-order valence-electron chi connectivity index (χ3n) is 5.05. The van der Waals surface area contributed by atoms with Gasteiger partial charge in [0, 0.05) is 39.6 Å². The fourth-order valence-corrected chi connectivity index (χ4v) is 4.15. The quantitative estimate of drug-likeness (QED) is 0.367. The molecule has 3 rings (SSSR count). The third-order valence-corrected chi connectivity index (χ3v) is 5.92. The Balaban J connectivity index is 1.76. The maximum atomic E-state index is 13.2. The molecule has 1 amide bonds. The van der Waals surface area contributed by atoms with Gasteiger partial charge >= 0.3 is 5.69 Å². The zero-order valence-electron chi connectivity index (χ0n) is 19.6. The van der Waals surface area contributed by atoms with Crippen LogP contribution in [0.5, 0.6) is 0 Å². The van der Waals surface area contributed by atoms with Crippen LogP contribution in [-0.2, 0) is 22.5 Å². The van der Waals surface area contributed by atoms with Gasteiger partial charge in [-0.25, -0.2) is 4.79 Å². The van der Waals surface area contributed by atoms with Gasteiger partial charge in [-0.15, -0.1) is 11.3 Å². The van der Waals surface area contributed by atoms with Crippen molar-refractivity contribution < 1.29 is 14.1 Å². The summed E-state index contributed by atoms with van der Waals surface area (Å²) in [5, 5.41) is 5.90. The second-order valence-electron chi connectivity index (χ2n) is 8.23. The number of methoxy groups -OCH3 is 1. The lowest BCUT2D eigenvalue weighted by Gasteiger charge is -2.25. The minimum atomic E-state index is -0.689. The Morgan fingerprint density at radius 1 is 1.35 bits per heavy atom. The highest BCUT2D eigenvalue weighted by Crippen LogP contribution is 2.22. The van der Waals surface area contributed by atoms with Crippen LogP contribution in [0, 0.1) is 5.92 Å². The van der Waals surface area contributed by atoms with Gasteiger partial charge in [-0.05, 0) is 30.2 Å². The molecule has 0 radical (unpaired) electrons. The van der Waals surface area contributed by atoms with Gasteiger partial charge in [-0.2, -0.15) is 4.98 Å². The number of thiophene rings is 1. The van der Waals surface area contributed by atoms with E-state index in [4.69, 9.17) is 15.0 Å². The molecule has 0 fully saturated rings. The van der Waals surface area contributed by atoms with E-state index in [-0.39, 0.29) is 36.3 Å². The Morgan fingerprint density at radius 3 is 2.82 bits per heavy atom. The van der Waals surface area contributed by atoms with Crippen molar-refractivity contribution in [1.82, 2.24) is 19.7 Å². The molecule has 0 spiro atoms. The Morgan fingerprint density at radius 2 is 2.15 bits per heavy atom. The van der Waals surface area contributed by atoms with Crippen LogP contribution in [0.25, 0.3) is 10.7 Å². The smallest absolute Gasteiger partial charge is 0.330 e. The van der Waals surface area contributed by atoms with Crippen LogP contribution >= 0.6 is 11.3 Å². The number of nitrogens with one attached hydrogen (secondary N) is 1. The number of nitrogens with zero attached hydrogens (tertiary/aromatic N) is 4. The molecule has 0 atom stereocenters. The molecular formula is C22H30N6O5S. The van der Waals surface area contributed by atoms with E-state index >= 15 is 0 Å². The highest BCUT2D eigenvalue weighted by Gasteiger charge is 2.24. The van der Waals surface area contributed by atoms with Gasteiger partial charge < -0.3 is 19.9 Å². The molecule has 0 saturated heterocycles. The van der Waals surface area contributed by atoms with E-state index in [2.05, 4.69) is 15.1 Å². The first-order valence-electron chi connectivity index (χ1n) is 11.1. The van der Waals surface area contributed by atoms with Crippen LogP contribution in [0.4, 0.5) is 11.5 Å². The molecule has 12 heteroatoms.